The molecule has 0 aliphatic carbocycles. The maximum absolute atomic E-state index is 11.5. The topological polar surface area (TPSA) is 76.1 Å². The van der Waals surface area contributed by atoms with Crippen LogP contribution in [0.1, 0.15) is 53.8 Å². The summed E-state index contributed by atoms with van der Waals surface area (Å²) in [5.41, 5.74) is -0.650. The zero-order chi connectivity index (χ0) is 17.7. The van der Waals surface area contributed by atoms with Crippen molar-refractivity contribution in [3.8, 4) is 0 Å². The molecule has 0 aliphatic heterocycles. The molecule has 1 aromatic rings. The molecule has 6 nitrogen and oxygen atoms in total. The SMILES string of the molecule is CC(C)(C)OC(=O)NCCCNc1cc(Cl)nc(C(C)(C)C)n1. The third kappa shape index (κ3) is 8.02. The van der Waals surface area contributed by atoms with Crippen molar-refractivity contribution in [3.05, 3.63) is 17.0 Å². The molecule has 0 fully saturated rings. The van der Waals surface area contributed by atoms with Crippen LogP contribution in [0.3, 0.4) is 0 Å². The highest BCUT2D eigenvalue weighted by atomic mass is 35.5. The molecule has 0 aliphatic rings. The monoisotopic (exact) mass is 342 g/mol. The van der Waals surface area contributed by atoms with Gasteiger partial charge in [-0.05, 0) is 27.2 Å². The molecule has 2 N–H and O–H groups in total. The highest BCUT2D eigenvalue weighted by molar-refractivity contribution is 6.29. The van der Waals surface area contributed by atoms with Gasteiger partial charge in [0, 0.05) is 24.6 Å². The summed E-state index contributed by atoms with van der Waals surface area (Å²) in [7, 11) is 0. The number of amides is 1. The number of nitrogens with one attached hydrogen (secondary N) is 2. The number of alkyl carbamates (subject to hydrolysis) is 1. The Morgan fingerprint density at radius 3 is 2.39 bits per heavy atom. The van der Waals surface area contributed by atoms with Crippen LogP contribution in [0.4, 0.5) is 10.6 Å². The van der Waals surface area contributed by atoms with Gasteiger partial charge in [-0.15, -0.1) is 0 Å². The van der Waals surface area contributed by atoms with Crippen molar-refractivity contribution >= 4 is 23.5 Å². The van der Waals surface area contributed by atoms with Gasteiger partial charge in [-0.1, -0.05) is 32.4 Å². The molecule has 1 amide bonds. The molecule has 0 saturated heterocycles. The second-order valence-electron chi connectivity index (χ2n) is 7.36. The highest BCUT2D eigenvalue weighted by Crippen LogP contribution is 2.22. The van der Waals surface area contributed by atoms with Crippen molar-refractivity contribution in [3.63, 3.8) is 0 Å². The predicted octanol–water partition coefficient (Wildman–Crippen LogP) is 3.75. The molecule has 23 heavy (non-hydrogen) atoms. The lowest BCUT2D eigenvalue weighted by Gasteiger charge is -2.19. The average Bonchev–Trinajstić information content (AvgIpc) is 2.34. The Labute approximate surface area is 143 Å². The summed E-state index contributed by atoms with van der Waals surface area (Å²) in [6.45, 7) is 12.8. The summed E-state index contributed by atoms with van der Waals surface area (Å²) in [5.74, 6) is 1.38. The molecule has 130 valence electrons. The Bertz CT molecular complexity index is 536. The van der Waals surface area contributed by atoms with Crippen molar-refractivity contribution in [1.82, 2.24) is 15.3 Å². The van der Waals surface area contributed by atoms with Crippen molar-refractivity contribution in [2.75, 3.05) is 18.4 Å². The smallest absolute Gasteiger partial charge is 0.407 e. The van der Waals surface area contributed by atoms with E-state index < -0.39 is 11.7 Å². The van der Waals surface area contributed by atoms with Crippen LogP contribution in [0, 0.1) is 0 Å². The first-order valence-corrected chi connectivity index (χ1v) is 8.11. The van der Waals surface area contributed by atoms with Gasteiger partial charge in [0.2, 0.25) is 0 Å². The van der Waals surface area contributed by atoms with Crippen LogP contribution in [0.2, 0.25) is 5.15 Å². The van der Waals surface area contributed by atoms with Crippen molar-refractivity contribution in [1.29, 1.82) is 0 Å². The Kier molecular flexibility index (Phi) is 6.62. The van der Waals surface area contributed by atoms with Gasteiger partial charge in [0.05, 0.1) is 0 Å². The zero-order valence-corrected chi connectivity index (χ0v) is 15.5. The van der Waals surface area contributed by atoms with Crippen LogP contribution in [0.5, 0.6) is 0 Å². The average molecular weight is 343 g/mol. The minimum Gasteiger partial charge on any atom is -0.444 e. The summed E-state index contributed by atoms with van der Waals surface area (Å²) >= 11 is 6.03. The quantitative estimate of drug-likeness (QED) is 0.629. The number of carbonyl (C=O) groups excluding carboxylic acids is 1. The van der Waals surface area contributed by atoms with E-state index in [0.717, 1.165) is 6.42 Å². The van der Waals surface area contributed by atoms with E-state index in [4.69, 9.17) is 16.3 Å². The fourth-order valence-electron chi connectivity index (χ4n) is 1.65. The zero-order valence-electron chi connectivity index (χ0n) is 14.8. The number of ether oxygens (including phenoxy) is 1. The van der Waals surface area contributed by atoms with Crippen LogP contribution in [-0.4, -0.2) is 34.8 Å². The van der Waals surface area contributed by atoms with Gasteiger partial charge in [-0.3, -0.25) is 0 Å². The van der Waals surface area contributed by atoms with Gasteiger partial charge >= 0.3 is 6.09 Å². The molecule has 1 aromatic heterocycles. The lowest BCUT2D eigenvalue weighted by atomic mass is 9.96. The second-order valence-corrected chi connectivity index (χ2v) is 7.75. The number of rotatable bonds is 5. The number of aromatic nitrogens is 2. The van der Waals surface area contributed by atoms with Gasteiger partial charge in [-0.2, -0.15) is 0 Å². The molecule has 0 radical (unpaired) electrons. The standard InChI is InChI=1S/C16H27ClN4O2/c1-15(2,3)13-20-11(17)10-12(21-13)18-8-7-9-19-14(22)23-16(4,5)6/h10H,7-9H2,1-6H3,(H,19,22)(H,18,20,21). The molecule has 1 heterocycles. The molecule has 7 heteroatoms. The van der Waals surface area contributed by atoms with E-state index in [1.807, 2.05) is 41.5 Å². The molecule has 0 atom stereocenters. The largest absolute Gasteiger partial charge is 0.444 e. The summed E-state index contributed by atoms with van der Waals surface area (Å²) in [5, 5.41) is 6.32. The number of anilines is 1. The van der Waals surface area contributed by atoms with E-state index in [2.05, 4.69) is 20.6 Å². The van der Waals surface area contributed by atoms with Gasteiger partial charge in [-0.25, -0.2) is 14.8 Å². The third-order valence-electron chi connectivity index (χ3n) is 2.69. The molecule has 0 bridgehead atoms. The van der Waals surface area contributed by atoms with Gasteiger partial charge in [0.25, 0.3) is 0 Å². The molecule has 0 aromatic carbocycles. The van der Waals surface area contributed by atoms with E-state index in [0.29, 0.717) is 29.9 Å². The fourth-order valence-corrected chi connectivity index (χ4v) is 1.84. The third-order valence-corrected chi connectivity index (χ3v) is 2.89. The van der Waals surface area contributed by atoms with Gasteiger partial charge in [0.15, 0.2) is 0 Å². The summed E-state index contributed by atoms with van der Waals surface area (Å²) in [6, 6.07) is 1.69. The summed E-state index contributed by atoms with van der Waals surface area (Å²) < 4.78 is 5.16. The van der Waals surface area contributed by atoms with Crippen LogP contribution in [-0.2, 0) is 10.2 Å². The minimum absolute atomic E-state index is 0.167. The lowest BCUT2D eigenvalue weighted by Crippen LogP contribution is -2.33. The highest BCUT2D eigenvalue weighted by Gasteiger charge is 2.19. The summed E-state index contributed by atoms with van der Waals surface area (Å²) in [6.07, 6.45) is 0.337. The van der Waals surface area contributed by atoms with Crippen LogP contribution in [0.25, 0.3) is 0 Å². The van der Waals surface area contributed by atoms with E-state index in [1.165, 1.54) is 0 Å². The number of carbonyl (C=O) groups is 1. The number of hydrogen-bond donors (Lipinski definition) is 2. The molecule has 0 spiro atoms. The number of halogens is 1. The summed E-state index contributed by atoms with van der Waals surface area (Å²) in [4.78, 5) is 20.2. The van der Waals surface area contributed by atoms with Crippen LogP contribution >= 0.6 is 11.6 Å². The van der Waals surface area contributed by atoms with Gasteiger partial charge in [0.1, 0.15) is 22.4 Å². The normalized spacial score (nSPS) is 12.0. The minimum atomic E-state index is -0.483. The predicted molar refractivity (Wildman–Crippen MR) is 93.1 cm³/mol. The first-order chi connectivity index (χ1) is 10.5. The Morgan fingerprint density at radius 1 is 1.17 bits per heavy atom. The first kappa shape index (κ1) is 19.5. The first-order valence-electron chi connectivity index (χ1n) is 7.73. The fraction of sp³-hybridized carbons (Fsp3) is 0.688. The second kappa shape index (κ2) is 7.81. The van der Waals surface area contributed by atoms with Crippen molar-refractivity contribution < 1.29 is 9.53 Å². The van der Waals surface area contributed by atoms with Crippen molar-refractivity contribution in [2.45, 2.75) is 59.0 Å². The molecule has 0 unspecified atom stereocenters. The van der Waals surface area contributed by atoms with E-state index >= 15 is 0 Å². The van der Waals surface area contributed by atoms with Crippen LogP contribution in [0.15, 0.2) is 6.07 Å². The van der Waals surface area contributed by atoms with E-state index in [-0.39, 0.29) is 5.41 Å². The number of nitrogens with zero attached hydrogens (tertiary/aromatic N) is 2. The van der Waals surface area contributed by atoms with Crippen molar-refractivity contribution in [2.24, 2.45) is 0 Å². The Hall–Kier alpha value is -1.56. The molecular formula is C16H27ClN4O2. The van der Waals surface area contributed by atoms with Gasteiger partial charge < -0.3 is 15.4 Å². The Balaban J connectivity index is 2.39. The maximum Gasteiger partial charge on any atom is 0.407 e. The Morgan fingerprint density at radius 2 is 1.83 bits per heavy atom. The van der Waals surface area contributed by atoms with E-state index in [1.54, 1.807) is 6.07 Å². The van der Waals surface area contributed by atoms with E-state index in [9.17, 15) is 4.79 Å². The molecule has 1 rings (SSSR count). The number of hydrogen-bond acceptors (Lipinski definition) is 5. The molecule has 0 saturated carbocycles. The van der Waals surface area contributed by atoms with Crippen LogP contribution < -0.4 is 10.6 Å². The maximum atomic E-state index is 11.5. The molecular weight excluding hydrogens is 316 g/mol. The lowest BCUT2D eigenvalue weighted by molar-refractivity contribution is 0.0528.